The van der Waals surface area contributed by atoms with E-state index in [1.165, 1.54) is 0 Å². The van der Waals surface area contributed by atoms with Gasteiger partial charge in [0.05, 0.1) is 11.4 Å². The molecule has 1 heterocycles. The van der Waals surface area contributed by atoms with Crippen molar-refractivity contribution < 1.29 is 14.3 Å². The number of rotatable bonds is 8. The molecule has 3 rings (SSSR count). The summed E-state index contributed by atoms with van der Waals surface area (Å²) in [5.74, 6) is 0.598. The zero-order valence-electron chi connectivity index (χ0n) is 19.7. The van der Waals surface area contributed by atoms with Crippen LogP contribution in [0.2, 0.25) is 0 Å². The molecule has 1 atom stereocenters. The van der Waals surface area contributed by atoms with Crippen molar-refractivity contribution >= 4 is 22.9 Å². The van der Waals surface area contributed by atoms with Crippen molar-refractivity contribution in [2.75, 3.05) is 17.0 Å². The van der Waals surface area contributed by atoms with E-state index in [2.05, 4.69) is 33.1 Å². The number of benzene rings is 2. The summed E-state index contributed by atoms with van der Waals surface area (Å²) < 4.78 is 6.00. The Bertz CT molecular complexity index is 996. The highest BCUT2D eigenvalue weighted by atomic mass is 16.5. The van der Waals surface area contributed by atoms with Crippen molar-refractivity contribution in [2.45, 2.75) is 72.4 Å². The Hall–Kier alpha value is -2.66. The maximum Gasteiger partial charge on any atom is 0.220 e. The molecule has 0 aliphatic carbocycles. The fourth-order valence-electron chi connectivity index (χ4n) is 4.01. The van der Waals surface area contributed by atoms with Crippen LogP contribution in [0.1, 0.15) is 98.6 Å². The first-order chi connectivity index (χ1) is 14.6. The van der Waals surface area contributed by atoms with E-state index in [1.54, 1.807) is 11.9 Å². The van der Waals surface area contributed by atoms with Crippen molar-refractivity contribution in [3.63, 3.8) is 0 Å². The molecule has 0 spiro atoms. The fourth-order valence-corrected chi connectivity index (χ4v) is 4.01. The molecule has 31 heavy (non-hydrogen) atoms. The largest absolute Gasteiger partial charge is 0.347 e. The van der Waals surface area contributed by atoms with Gasteiger partial charge in [-0.2, -0.15) is 0 Å². The third-order valence-corrected chi connectivity index (χ3v) is 6.01. The highest BCUT2D eigenvalue weighted by molar-refractivity contribution is 6.13. The van der Waals surface area contributed by atoms with Crippen LogP contribution in [0.3, 0.4) is 0 Å². The van der Waals surface area contributed by atoms with Crippen LogP contribution >= 0.6 is 0 Å². The van der Waals surface area contributed by atoms with E-state index in [9.17, 15) is 9.59 Å². The number of nitrogens with zero attached hydrogens (tertiary/aromatic N) is 1. The third-order valence-electron chi connectivity index (χ3n) is 6.01. The summed E-state index contributed by atoms with van der Waals surface area (Å²) in [5.41, 5.74) is 7.18. The van der Waals surface area contributed by atoms with E-state index in [0.29, 0.717) is 41.7 Å². The molecule has 0 amide bonds. The van der Waals surface area contributed by atoms with Crippen molar-refractivity contribution in [2.24, 2.45) is 0 Å². The summed E-state index contributed by atoms with van der Waals surface area (Å²) in [4.78, 5) is 26.0. The Morgan fingerprint density at radius 1 is 1.03 bits per heavy atom. The van der Waals surface area contributed by atoms with Gasteiger partial charge in [0.1, 0.15) is 0 Å². The SMILES string of the molecule is CCOC1(C)C(=O)c2ccc(C(C)C)cc2N1Nc1cc(C(C)C)ccc1C(=O)CC. The van der Waals surface area contributed by atoms with Gasteiger partial charge >= 0.3 is 0 Å². The topological polar surface area (TPSA) is 58.6 Å². The lowest BCUT2D eigenvalue weighted by Gasteiger charge is -2.36. The molecule has 166 valence electrons. The fraction of sp³-hybridized carbons (Fsp3) is 0.462. The number of ether oxygens (including phenoxy) is 1. The first-order valence-electron chi connectivity index (χ1n) is 11.2. The van der Waals surface area contributed by atoms with Crippen molar-refractivity contribution in [3.8, 4) is 0 Å². The summed E-state index contributed by atoms with van der Waals surface area (Å²) in [6.07, 6.45) is 0.408. The van der Waals surface area contributed by atoms with Crippen LogP contribution in [0, 0.1) is 0 Å². The molecular formula is C26H34N2O3. The number of fused-ring (bicyclic) bond motifs is 1. The van der Waals surface area contributed by atoms with E-state index in [0.717, 1.165) is 16.8 Å². The number of nitrogens with one attached hydrogen (secondary N) is 1. The molecular weight excluding hydrogens is 388 g/mol. The zero-order valence-corrected chi connectivity index (χ0v) is 19.7. The first kappa shape index (κ1) is 23.0. The first-order valence-corrected chi connectivity index (χ1v) is 11.2. The highest BCUT2D eigenvalue weighted by Gasteiger charge is 2.49. The number of hydrogen-bond donors (Lipinski definition) is 1. The smallest absolute Gasteiger partial charge is 0.220 e. The average Bonchev–Trinajstić information content (AvgIpc) is 2.94. The van der Waals surface area contributed by atoms with E-state index < -0.39 is 5.72 Å². The third kappa shape index (κ3) is 4.11. The highest BCUT2D eigenvalue weighted by Crippen LogP contribution is 2.41. The molecule has 0 fully saturated rings. The summed E-state index contributed by atoms with van der Waals surface area (Å²) in [5, 5.41) is 1.80. The van der Waals surface area contributed by atoms with Gasteiger partial charge in [0.2, 0.25) is 11.5 Å². The Labute approximate surface area is 185 Å². The Kier molecular flexibility index (Phi) is 6.56. The van der Waals surface area contributed by atoms with Crippen LogP contribution in [0.5, 0.6) is 0 Å². The Morgan fingerprint density at radius 2 is 1.65 bits per heavy atom. The van der Waals surface area contributed by atoms with Gasteiger partial charge < -0.3 is 4.74 Å². The lowest BCUT2D eigenvalue weighted by Crippen LogP contribution is -2.53. The van der Waals surface area contributed by atoms with Crippen LogP contribution in [0.15, 0.2) is 36.4 Å². The number of hydrogen-bond acceptors (Lipinski definition) is 5. The molecule has 5 heteroatoms. The molecule has 0 saturated carbocycles. The number of carbonyl (C=O) groups is 2. The number of ketones is 2. The van der Waals surface area contributed by atoms with Gasteiger partial charge in [0.25, 0.3) is 0 Å². The van der Waals surface area contributed by atoms with Gasteiger partial charge in [-0.15, -0.1) is 0 Å². The predicted octanol–water partition coefficient (Wildman–Crippen LogP) is 6.31. The van der Waals surface area contributed by atoms with E-state index in [4.69, 9.17) is 4.74 Å². The minimum atomic E-state index is -1.20. The van der Waals surface area contributed by atoms with Gasteiger partial charge in [-0.3, -0.25) is 15.0 Å². The number of anilines is 2. The molecule has 0 radical (unpaired) electrons. The number of Topliss-reactive ketones (excluding diaryl/α,β-unsaturated/α-hetero) is 2. The van der Waals surface area contributed by atoms with Crippen LogP contribution in [0.4, 0.5) is 11.4 Å². The molecule has 1 N–H and O–H groups in total. The second-order valence-electron chi connectivity index (χ2n) is 8.86. The monoisotopic (exact) mass is 422 g/mol. The standard InChI is InChI=1S/C26H34N2O3/c1-8-24(29)20-12-10-18(16(3)4)14-22(20)27-28-23-15-19(17(5)6)11-13-21(23)25(30)26(28,7)31-9-2/h10-17,27H,8-9H2,1-7H3. The zero-order chi connectivity index (χ0) is 22.9. The maximum atomic E-state index is 13.4. The lowest BCUT2D eigenvalue weighted by molar-refractivity contribution is -0.00443. The molecule has 1 aliphatic rings. The molecule has 1 unspecified atom stereocenters. The molecule has 1 aliphatic heterocycles. The van der Waals surface area contributed by atoms with Gasteiger partial charge in [0, 0.05) is 24.2 Å². The normalized spacial score (nSPS) is 18.1. The number of hydrazine groups is 1. The summed E-state index contributed by atoms with van der Waals surface area (Å²) in [6.45, 7) is 14.4. The van der Waals surface area contributed by atoms with Crippen LogP contribution in [-0.4, -0.2) is 23.9 Å². The molecule has 0 bridgehead atoms. The molecule has 0 saturated heterocycles. The summed E-state index contributed by atoms with van der Waals surface area (Å²) in [7, 11) is 0. The van der Waals surface area contributed by atoms with Crippen molar-refractivity contribution in [1.82, 2.24) is 0 Å². The second kappa shape index (κ2) is 8.83. The van der Waals surface area contributed by atoms with Gasteiger partial charge in [-0.1, -0.05) is 46.8 Å². The Morgan fingerprint density at radius 3 is 2.23 bits per heavy atom. The number of carbonyl (C=O) groups excluding carboxylic acids is 2. The van der Waals surface area contributed by atoms with Gasteiger partial charge in [-0.25, -0.2) is 5.01 Å². The van der Waals surface area contributed by atoms with E-state index in [-0.39, 0.29) is 11.6 Å². The van der Waals surface area contributed by atoms with Crippen LogP contribution < -0.4 is 10.4 Å². The van der Waals surface area contributed by atoms with Crippen molar-refractivity contribution in [1.29, 1.82) is 0 Å². The predicted molar refractivity (Wildman–Crippen MR) is 126 cm³/mol. The van der Waals surface area contributed by atoms with E-state index >= 15 is 0 Å². The lowest BCUT2D eigenvalue weighted by atomic mass is 9.98. The molecule has 2 aromatic rings. The quantitative estimate of drug-likeness (QED) is 0.505. The minimum absolute atomic E-state index is 0.0533. The van der Waals surface area contributed by atoms with Gasteiger partial charge in [0.15, 0.2) is 5.78 Å². The minimum Gasteiger partial charge on any atom is -0.347 e. The summed E-state index contributed by atoms with van der Waals surface area (Å²) in [6, 6.07) is 11.8. The average molecular weight is 423 g/mol. The maximum absolute atomic E-state index is 13.4. The van der Waals surface area contributed by atoms with Crippen LogP contribution in [-0.2, 0) is 4.74 Å². The molecule has 2 aromatic carbocycles. The Balaban J connectivity index is 2.16. The van der Waals surface area contributed by atoms with Gasteiger partial charge in [-0.05, 0) is 61.1 Å². The second-order valence-corrected chi connectivity index (χ2v) is 8.86. The van der Waals surface area contributed by atoms with Crippen LogP contribution in [0.25, 0.3) is 0 Å². The molecule has 5 nitrogen and oxygen atoms in total. The van der Waals surface area contributed by atoms with Crippen molar-refractivity contribution in [3.05, 3.63) is 58.7 Å². The van der Waals surface area contributed by atoms with E-state index in [1.807, 2.05) is 50.2 Å². The molecule has 0 aromatic heterocycles. The summed E-state index contributed by atoms with van der Waals surface area (Å²) >= 11 is 0.